The fraction of sp³-hybridized carbons (Fsp3) is 0.692. The van der Waals surface area contributed by atoms with Crippen LogP contribution < -0.4 is 11.1 Å². The summed E-state index contributed by atoms with van der Waals surface area (Å²) in [6.45, 7) is 9.52. The minimum absolute atomic E-state index is 0.359. The molecule has 3 N–H and O–H groups in total. The van der Waals surface area contributed by atoms with E-state index in [0.29, 0.717) is 11.3 Å². The molecule has 0 saturated carbocycles. The SMILES string of the molecule is CC(C)(C)CC(CN)CNCc1cc(Br)cs1. The zero-order valence-corrected chi connectivity index (χ0v) is 13.3. The molecule has 1 rings (SSSR count). The van der Waals surface area contributed by atoms with Gasteiger partial charge in [-0.2, -0.15) is 0 Å². The van der Waals surface area contributed by atoms with Crippen LogP contribution in [-0.2, 0) is 6.54 Å². The highest BCUT2D eigenvalue weighted by Gasteiger charge is 2.17. The smallest absolute Gasteiger partial charge is 0.0300 e. The van der Waals surface area contributed by atoms with Crippen molar-refractivity contribution in [2.75, 3.05) is 13.1 Å². The molecule has 1 atom stereocenters. The van der Waals surface area contributed by atoms with Gasteiger partial charge in [-0.25, -0.2) is 0 Å². The highest BCUT2D eigenvalue weighted by Crippen LogP contribution is 2.24. The Hall–Kier alpha value is 0.1000. The largest absolute Gasteiger partial charge is 0.330 e. The maximum Gasteiger partial charge on any atom is 0.0300 e. The highest BCUT2D eigenvalue weighted by molar-refractivity contribution is 9.10. The molecule has 2 nitrogen and oxygen atoms in total. The Morgan fingerprint density at radius 3 is 2.65 bits per heavy atom. The normalized spacial score (nSPS) is 13.9. The molecule has 0 fully saturated rings. The van der Waals surface area contributed by atoms with Crippen molar-refractivity contribution in [3.05, 3.63) is 20.8 Å². The predicted molar refractivity (Wildman–Crippen MR) is 80.3 cm³/mol. The van der Waals surface area contributed by atoms with E-state index in [0.717, 1.165) is 19.6 Å². The van der Waals surface area contributed by atoms with Gasteiger partial charge >= 0.3 is 0 Å². The topological polar surface area (TPSA) is 38.0 Å². The standard InChI is InChI=1S/C13H23BrN2S/c1-13(2,3)5-10(6-15)7-16-8-12-4-11(14)9-17-12/h4,9-10,16H,5-8,15H2,1-3H3. The summed E-state index contributed by atoms with van der Waals surface area (Å²) in [4.78, 5) is 1.36. The molecule has 1 heterocycles. The van der Waals surface area contributed by atoms with Crippen molar-refractivity contribution in [1.82, 2.24) is 5.32 Å². The van der Waals surface area contributed by atoms with E-state index in [1.54, 1.807) is 11.3 Å². The van der Waals surface area contributed by atoms with Crippen LogP contribution in [0.25, 0.3) is 0 Å². The molecule has 1 aromatic rings. The lowest BCUT2D eigenvalue weighted by atomic mass is 9.84. The van der Waals surface area contributed by atoms with Crippen LogP contribution in [0.2, 0.25) is 0 Å². The molecule has 1 aromatic heterocycles. The molecule has 0 aromatic carbocycles. The summed E-state index contributed by atoms with van der Waals surface area (Å²) in [6.07, 6.45) is 1.17. The average Bonchev–Trinajstić information content (AvgIpc) is 2.61. The summed E-state index contributed by atoms with van der Waals surface area (Å²) in [5.41, 5.74) is 6.18. The zero-order chi connectivity index (χ0) is 12.9. The van der Waals surface area contributed by atoms with Crippen LogP contribution in [0.4, 0.5) is 0 Å². The molecule has 0 spiro atoms. The number of hydrogen-bond donors (Lipinski definition) is 2. The van der Waals surface area contributed by atoms with Gasteiger partial charge in [0.15, 0.2) is 0 Å². The van der Waals surface area contributed by atoms with Gasteiger partial charge < -0.3 is 11.1 Å². The molecule has 0 bridgehead atoms. The molecular weight excluding hydrogens is 296 g/mol. The van der Waals surface area contributed by atoms with Crippen LogP contribution in [0.5, 0.6) is 0 Å². The molecular formula is C13H23BrN2S. The van der Waals surface area contributed by atoms with Gasteiger partial charge in [0.1, 0.15) is 0 Å². The Balaban J connectivity index is 2.28. The van der Waals surface area contributed by atoms with E-state index in [-0.39, 0.29) is 0 Å². The second-order valence-corrected chi connectivity index (χ2v) is 7.64. The van der Waals surface area contributed by atoms with Crippen LogP contribution in [0, 0.1) is 11.3 Å². The molecule has 17 heavy (non-hydrogen) atoms. The molecule has 0 aliphatic heterocycles. The first-order valence-electron chi connectivity index (χ1n) is 6.04. The van der Waals surface area contributed by atoms with Crippen molar-refractivity contribution < 1.29 is 0 Å². The molecule has 98 valence electrons. The van der Waals surface area contributed by atoms with Gasteiger partial charge in [0.2, 0.25) is 0 Å². The maximum atomic E-state index is 5.82. The van der Waals surface area contributed by atoms with Crippen molar-refractivity contribution in [3.8, 4) is 0 Å². The third kappa shape index (κ3) is 6.55. The molecule has 4 heteroatoms. The first kappa shape index (κ1) is 15.2. The van der Waals surface area contributed by atoms with Crippen molar-refractivity contribution in [1.29, 1.82) is 0 Å². The van der Waals surface area contributed by atoms with Crippen LogP contribution >= 0.6 is 27.3 Å². The zero-order valence-electron chi connectivity index (χ0n) is 10.9. The Kier molecular flexibility index (Phi) is 6.13. The van der Waals surface area contributed by atoms with E-state index in [2.05, 4.69) is 53.5 Å². The predicted octanol–water partition coefficient (Wildman–Crippen LogP) is 3.61. The molecule has 0 saturated heterocycles. The number of thiophene rings is 1. The third-order valence-electron chi connectivity index (χ3n) is 2.59. The number of halogens is 1. The Bertz CT molecular complexity index is 330. The van der Waals surface area contributed by atoms with E-state index in [1.807, 2.05) is 0 Å². The molecule has 0 aliphatic rings. The lowest BCUT2D eigenvalue weighted by Gasteiger charge is -2.25. The minimum atomic E-state index is 0.359. The van der Waals surface area contributed by atoms with Crippen LogP contribution in [0.15, 0.2) is 15.9 Å². The summed E-state index contributed by atoms with van der Waals surface area (Å²) in [5.74, 6) is 0.568. The summed E-state index contributed by atoms with van der Waals surface area (Å²) in [7, 11) is 0. The van der Waals surface area contributed by atoms with E-state index in [1.165, 1.54) is 15.8 Å². The Labute approximate surface area is 117 Å². The number of nitrogens with two attached hydrogens (primary N) is 1. The van der Waals surface area contributed by atoms with E-state index >= 15 is 0 Å². The summed E-state index contributed by atoms with van der Waals surface area (Å²) in [6, 6.07) is 2.17. The van der Waals surface area contributed by atoms with Crippen LogP contribution in [-0.4, -0.2) is 13.1 Å². The molecule has 0 amide bonds. The van der Waals surface area contributed by atoms with Crippen molar-refractivity contribution in [2.24, 2.45) is 17.1 Å². The van der Waals surface area contributed by atoms with Gasteiger partial charge in [-0.05, 0) is 52.8 Å². The highest BCUT2D eigenvalue weighted by atomic mass is 79.9. The maximum absolute atomic E-state index is 5.82. The van der Waals surface area contributed by atoms with E-state index in [4.69, 9.17) is 5.73 Å². The monoisotopic (exact) mass is 318 g/mol. The number of rotatable bonds is 6. The lowest BCUT2D eigenvalue weighted by Crippen LogP contribution is -2.30. The Morgan fingerprint density at radius 1 is 1.47 bits per heavy atom. The second-order valence-electron chi connectivity index (χ2n) is 5.73. The van der Waals surface area contributed by atoms with Gasteiger partial charge in [0, 0.05) is 21.3 Å². The third-order valence-corrected chi connectivity index (χ3v) is 4.29. The quantitative estimate of drug-likeness (QED) is 0.840. The minimum Gasteiger partial charge on any atom is -0.330 e. The molecule has 0 aliphatic carbocycles. The van der Waals surface area contributed by atoms with Crippen molar-refractivity contribution in [2.45, 2.75) is 33.7 Å². The van der Waals surface area contributed by atoms with Gasteiger partial charge in [-0.1, -0.05) is 20.8 Å². The number of hydrogen-bond acceptors (Lipinski definition) is 3. The molecule has 1 unspecified atom stereocenters. The van der Waals surface area contributed by atoms with E-state index < -0.39 is 0 Å². The first-order valence-corrected chi connectivity index (χ1v) is 7.71. The second kappa shape index (κ2) is 6.88. The number of nitrogens with one attached hydrogen (secondary N) is 1. The van der Waals surface area contributed by atoms with Gasteiger partial charge in [-0.3, -0.25) is 0 Å². The molecule has 0 radical (unpaired) electrons. The summed E-state index contributed by atoms with van der Waals surface area (Å²) in [5, 5.41) is 5.62. The lowest BCUT2D eigenvalue weighted by molar-refractivity contribution is 0.290. The summed E-state index contributed by atoms with van der Waals surface area (Å²) < 4.78 is 1.17. The average molecular weight is 319 g/mol. The van der Waals surface area contributed by atoms with Crippen LogP contribution in [0.1, 0.15) is 32.1 Å². The fourth-order valence-electron chi connectivity index (χ4n) is 1.95. The van der Waals surface area contributed by atoms with Crippen LogP contribution in [0.3, 0.4) is 0 Å². The van der Waals surface area contributed by atoms with E-state index in [9.17, 15) is 0 Å². The van der Waals surface area contributed by atoms with Gasteiger partial charge in [0.05, 0.1) is 0 Å². The van der Waals surface area contributed by atoms with Crippen molar-refractivity contribution in [3.63, 3.8) is 0 Å². The summed E-state index contributed by atoms with van der Waals surface area (Å²) >= 11 is 5.25. The first-order chi connectivity index (χ1) is 7.90. The van der Waals surface area contributed by atoms with Crippen molar-refractivity contribution >= 4 is 27.3 Å². The Morgan fingerprint density at radius 2 is 2.18 bits per heavy atom. The van der Waals surface area contributed by atoms with Gasteiger partial charge in [-0.15, -0.1) is 11.3 Å². The van der Waals surface area contributed by atoms with Gasteiger partial charge in [0.25, 0.3) is 0 Å². The fourth-order valence-corrected chi connectivity index (χ4v) is 3.37.